The second-order valence-electron chi connectivity index (χ2n) is 9.46. The summed E-state index contributed by atoms with van der Waals surface area (Å²) in [7, 11) is 0. The quantitative estimate of drug-likeness (QED) is 0.708. The number of rotatable bonds is 7. The summed E-state index contributed by atoms with van der Waals surface area (Å²) in [6.45, 7) is 6.58. The van der Waals surface area contributed by atoms with Crippen LogP contribution in [-0.4, -0.2) is 35.5 Å². The van der Waals surface area contributed by atoms with Gasteiger partial charge in [0.1, 0.15) is 0 Å². The van der Waals surface area contributed by atoms with Crippen LogP contribution in [0.1, 0.15) is 50.7 Å². The van der Waals surface area contributed by atoms with E-state index >= 15 is 0 Å². The minimum Gasteiger partial charge on any atom is -0.393 e. The van der Waals surface area contributed by atoms with Gasteiger partial charge in [0.15, 0.2) is 0 Å². The lowest BCUT2D eigenvalue weighted by Gasteiger charge is -2.47. The number of aliphatic hydroxyl groups excluding tert-OH is 1. The second-order valence-corrected chi connectivity index (χ2v) is 9.46. The maximum absolute atomic E-state index is 10.3. The molecule has 30 heavy (non-hydrogen) atoms. The lowest BCUT2D eigenvalue weighted by molar-refractivity contribution is -0.131. The van der Waals surface area contributed by atoms with Crippen molar-refractivity contribution >= 4 is 5.69 Å². The van der Waals surface area contributed by atoms with E-state index in [2.05, 4.69) is 67.3 Å². The molecule has 2 aromatic rings. The molecule has 0 bridgehead atoms. The molecule has 0 radical (unpaired) electrons. The summed E-state index contributed by atoms with van der Waals surface area (Å²) in [5, 5.41) is 19.7. The van der Waals surface area contributed by atoms with Crippen molar-refractivity contribution in [3.05, 3.63) is 65.7 Å². The molecular formula is C26H35NO3. The molecule has 4 nitrogen and oxygen atoms in total. The fourth-order valence-corrected chi connectivity index (χ4v) is 5.04. The minimum atomic E-state index is -0.916. The summed E-state index contributed by atoms with van der Waals surface area (Å²) in [5.41, 5.74) is 2.40. The molecule has 2 fully saturated rings. The standard InChI is InChI=1S/C26H35NO3/c1-20-8-13-24(20)25(2,30-18-21-6-4-3-5-7-21)22-9-11-23(12-10-22)27-16-14-26(29,19-28)15-17-27/h3-7,9-12,20,24,28-29H,8,13-19H2,1-2H3/t20-,24+,25?/m1/s1. The monoisotopic (exact) mass is 409 g/mol. The zero-order valence-electron chi connectivity index (χ0n) is 18.3. The number of hydrogen-bond donors (Lipinski definition) is 2. The average molecular weight is 410 g/mol. The predicted molar refractivity (Wildman–Crippen MR) is 120 cm³/mol. The van der Waals surface area contributed by atoms with Gasteiger partial charge in [-0.3, -0.25) is 0 Å². The SMILES string of the molecule is C[C@@H]1CC[C@@H]1C(C)(OCc1ccccc1)c1ccc(N2CCC(O)(CO)CC2)cc1. The molecule has 1 unspecified atom stereocenters. The highest BCUT2D eigenvalue weighted by Crippen LogP contribution is 2.49. The van der Waals surface area contributed by atoms with Crippen molar-refractivity contribution in [1.82, 2.24) is 0 Å². The van der Waals surface area contributed by atoms with Crippen molar-refractivity contribution in [2.24, 2.45) is 11.8 Å². The third-order valence-corrected chi connectivity index (χ3v) is 7.50. The molecule has 1 saturated heterocycles. The maximum atomic E-state index is 10.3. The molecule has 1 aliphatic heterocycles. The molecule has 0 aromatic heterocycles. The summed E-state index contributed by atoms with van der Waals surface area (Å²) < 4.78 is 6.63. The van der Waals surface area contributed by atoms with Crippen molar-refractivity contribution in [2.75, 3.05) is 24.6 Å². The number of nitrogens with zero attached hydrogens (tertiary/aromatic N) is 1. The zero-order chi connectivity index (χ0) is 21.2. The summed E-state index contributed by atoms with van der Waals surface area (Å²) in [6, 6.07) is 19.2. The van der Waals surface area contributed by atoms with Crippen LogP contribution in [0.3, 0.4) is 0 Å². The number of benzene rings is 2. The Morgan fingerprint density at radius 2 is 1.70 bits per heavy atom. The minimum absolute atomic E-state index is 0.156. The van der Waals surface area contributed by atoms with Gasteiger partial charge in [0, 0.05) is 18.8 Å². The number of aliphatic hydroxyl groups is 2. The van der Waals surface area contributed by atoms with Crippen LogP contribution >= 0.6 is 0 Å². The highest BCUT2D eigenvalue weighted by atomic mass is 16.5. The highest BCUT2D eigenvalue weighted by molar-refractivity contribution is 5.49. The lowest BCUT2D eigenvalue weighted by Crippen LogP contribution is -2.46. The summed E-state index contributed by atoms with van der Waals surface area (Å²) in [4.78, 5) is 2.29. The molecule has 0 amide bonds. The van der Waals surface area contributed by atoms with Crippen molar-refractivity contribution < 1.29 is 14.9 Å². The van der Waals surface area contributed by atoms with Crippen LogP contribution in [0.2, 0.25) is 0 Å². The first-order valence-electron chi connectivity index (χ1n) is 11.3. The molecular weight excluding hydrogens is 374 g/mol. The Morgan fingerprint density at radius 3 is 2.23 bits per heavy atom. The number of ether oxygens (including phenoxy) is 1. The Morgan fingerprint density at radius 1 is 1.03 bits per heavy atom. The van der Waals surface area contributed by atoms with E-state index in [1.807, 2.05) is 6.07 Å². The van der Waals surface area contributed by atoms with Gasteiger partial charge in [0.25, 0.3) is 0 Å². The van der Waals surface area contributed by atoms with Crippen LogP contribution in [0.5, 0.6) is 0 Å². The maximum Gasteiger partial charge on any atom is 0.0938 e. The predicted octanol–water partition coefficient (Wildman–Crippen LogP) is 4.49. The van der Waals surface area contributed by atoms with Gasteiger partial charge in [-0.2, -0.15) is 0 Å². The molecule has 162 valence electrons. The molecule has 4 heteroatoms. The van der Waals surface area contributed by atoms with Crippen LogP contribution in [0.15, 0.2) is 54.6 Å². The average Bonchev–Trinajstić information content (AvgIpc) is 2.78. The Hall–Kier alpha value is -1.88. The topological polar surface area (TPSA) is 52.9 Å². The Kier molecular flexibility index (Phi) is 6.19. The van der Waals surface area contributed by atoms with E-state index in [9.17, 15) is 10.2 Å². The van der Waals surface area contributed by atoms with E-state index in [0.29, 0.717) is 31.3 Å². The largest absolute Gasteiger partial charge is 0.393 e. The lowest BCUT2D eigenvalue weighted by atomic mass is 9.64. The molecule has 1 saturated carbocycles. The van der Waals surface area contributed by atoms with Crippen LogP contribution in [0.25, 0.3) is 0 Å². The van der Waals surface area contributed by atoms with Gasteiger partial charge < -0.3 is 19.8 Å². The normalized spacial score (nSPS) is 25.4. The van der Waals surface area contributed by atoms with Gasteiger partial charge in [0.2, 0.25) is 0 Å². The zero-order valence-corrected chi connectivity index (χ0v) is 18.3. The molecule has 0 spiro atoms. The van der Waals surface area contributed by atoms with Crippen molar-refractivity contribution in [1.29, 1.82) is 0 Å². The molecule has 1 aliphatic carbocycles. The van der Waals surface area contributed by atoms with Gasteiger partial charge >= 0.3 is 0 Å². The number of hydrogen-bond acceptors (Lipinski definition) is 4. The van der Waals surface area contributed by atoms with E-state index in [1.54, 1.807) is 0 Å². The fraction of sp³-hybridized carbons (Fsp3) is 0.538. The second kappa shape index (κ2) is 8.70. The molecule has 3 atom stereocenters. The summed E-state index contributed by atoms with van der Waals surface area (Å²) in [6.07, 6.45) is 3.68. The first-order valence-corrected chi connectivity index (χ1v) is 11.3. The summed E-state index contributed by atoms with van der Waals surface area (Å²) >= 11 is 0. The van der Waals surface area contributed by atoms with Crippen LogP contribution in [0.4, 0.5) is 5.69 Å². The molecule has 2 N–H and O–H groups in total. The van der Waals surface area contributed by atoms with Gasteiger partial charge in [-0.1, -0.05) is 49.4 Å². The van der Waals surface area contributed by atoms with Gasteiger partial charge in [0.05, 0.1) is 24.4 Å². The highest BCUT2D eigenvalue weighted by Gasteiger charge is 2.44. The van der Waals surface area contributed by atoms with E-state index in [-0.39, 0.29) is 12.2 Å². The van der Waals surface area contributed by atoms with E-state index < -0.39 is 5.60 Å². The first-order chi connectivity index (χ1) is 14.4. The molecule has 2 aliphatic rings. The third-order valence-electron chi connectivity index (χ3n) is 7.50. The van der Waals surface area contributed by atoms with Crippen molar-refractivity contribution in [3.63, 3.8) is 0 Å². The van der Waals surface area contributed by atoms with E-state index in [0.717, 1.165) is 13.1 Å². The van der Waals surface area contributed by atoms with Gasteiger partial charge in [-0.05, 0) is 67.7 Å². The molecule has 2 aromatic carbocycles. The van der Waals surface area contributed by atoms with Crippen LogP contribution < -0.4 is 4.90 Å². The van der Waals surface area contributed by atoms with E-state index in [1.165, 1.54) is 29.7 Å². The van der Waals surface area contributed by atoms with E-state index in [4.69, 9.17) is 4.74 Å². The molecule has 4 rings (SSSR count). The van der Waals surface area contributed by atoms with Gasteiger partial charge in [-0.25, -0.2) is 0 Å². The first kappa shape index (κ1) is 21.4. The Labute approximate surface area is 180 Å². The Bertz CT molecular complexity index is 814. The van der Waals surface area contributed by atoms with Gasteiger partial charge in [-0.15, -0.1) is 0 Å². The van der Waals surface area contributed by atoms with Crippen molar-refractivity contribution in [2.45, 2.75) is 57.3 Å². The number of anilines is 1. The number of piperidine rings is 1. The van der Waals surface area contributed by atoms with Crippen LogP contribution in [-0.2, 0) is 16.9 Å². The molecule has 1 heterocycles. The Balaban J connectivity index is 1.50. The van der Waals surface area contributed by atoms with Crippen LogP contribution in [0, 0.1) is 11.8 Å². The summed E-state index contributed by atoms with van der Waals surface area (Å²) in [5.74, 6) is 1.20. The third kappa shape index (κ3) is 4.27. The fourth-order valence-electron chi connectivity index (χ4n) is 5.04. The van der Waals surface area contributed by atoms with Crippen molar-refractivity contribution in [3.8, 4) is 0 Å². The smallest absolute Gasteiger partial charge is 0.0938 e.